The molecular weight excluding hydrogens is 629 g/mol. The third-order valence-corrected chi connectivity index (χ3v) is 9.47. The first-order valence-electron chi connectivity index (χ1n) is 16.6. The van der Waals surface area contributed by atoms with E-state index in [9.17, 15) is 10.5 Å². The molecule has 0 N–H and O–H groups in total. The van der Waals surface area contributed by atoms with Crippen LogP contribution in [0, 0.1) is 29.6 Å². The number of anilines is 6. The van der Waals surface area contributed by atoms with Gasteiger partial charge in [0.2, 0.25) is 0 Å². The number of nitrogens with zero attached hydrogens (tertiary/aromatic N) is 4. The Kier molecular flexibility index (Phi) is 7.02. The van der Waals surface area contributed by atoms with E-state index in [1.807, 2.05) is 121 Å². The fraction of sp³-hybridized carbons (Fsp3) is 0.0222. The molecule has 51 heavy (non-hydrogen) atoms. The van der Waals surface area contributed by atoms with Gasteiger partial charge in [-0.05, 0) is 102 Å². The molecule has 0 atom stereocenters. The number of fused-ring (bicyclic) bond motifs is 4. The van der Waals surface area contributed by atoms with Gasteiger partial charge in [0.05, 0.1) is 57.4 Å². The van der Waals surface area contributed by atoms with Gasteiger partial charge in [0.15, 0.2) is 23.0 Å². The van der Waals surface area contributed by atoms with Gasteiger partial charge in [-0.2, -0.15) is 10.5 Å². The first-order valence-corrected chi connectivity index (χ1v) is 16.6. The summed E-state index contributed by atoms with van der Waals surface area (Å²) in [6.45, 7) is 2.17. The molecule has 0 unspecified atom stereocenters. The number of benzene rings is 7. The first kappa shape index (κ1) is 29.8. The third-order valence-electron chi connectivity index (χ3n) is 9.47. The second-order valence-corrected chi connectivity index (χ2v) is 12.4. The lowest BCUT2D eigenvalue weighted by Crippen LogP contribution is -2.21. The summed E-state index contributed by atoms with van der Waals surface area (Å²) in [5, 5.41) is 19.4. The summed E-state index contributed by atoms with van der Waals surface area (Å²) >= 11 is 0. The van der Waals surface area contributed by atoms with Crippen LogP contribution in [0.1, 0.15) is 16.7 Å². The highest BCUT2D eigenvalue weighted by Crippen LogP contribution is 2.59. The van der Waals surface area contributed by atoms with Crippen molar-refractivity contribution in [2.45, 2.75) is 6.92 Å². The number of para-hydroxylation sites is 8. The molecule has 0 aromatic heterocycles. The lowest BCUT2D eigenvalue weighted by atomic mass is 9.89. The lowest BCUT2D eigenvalue weighted by Gasteiger charge is -2.39. The molecular formula is C45H28N4O2. The topological polar surface area (TPSA) is 72.5 Å². The van der Waals surface area contributed by atoms with Gasteiger partial charge in [0, 0.05) is 11.1 Å². The average Bonchev–Trinajstić information content (AvgIpc) is 3.19. The molecule has 6 heteroatoms. The number of nitriles is 2. The molecule has 2 aliphatic rings. The molecule has 0 saturated carbocycles. The van der Waals surface area contributed by atoms with Crippen LogP contribution < -0.4 is 19.3 Å². The number of hydrogen-bond donors (Lipinski definition) is 0. The summed E-state index contributed by atoms with van der Waals surface area (Å²) in [7, 11) is 0. The smallest absolute Gasteiger partial charge is 0.151 e. The zero-order valence-corrected chi connectivity index (χ0v) is 27.5. The van der Waals surface area contributed by atoms with Crippen molar-refractivity contribution in [1.29, 1.82) is 10.5 Å². The van der Waals surface area contributed by atoms with E-state index in [1.54, 1.807) is 0 Å². The van der Waals surface area contributed by atoms with Crippen molar-refractivity contribution in [1.82, 2.24) is 0 Å². The van der Waals surface area contributed by atoms with Crippen molar-refractivity contribution in [2.24, 2.45) is 0 Å². The van der Waals surface area contributed by atoms with Gasteiger partial charge in [-0.1, -0.05) is 72.8 Å². The SMILES string of the molecule is Cc1c(N2c3ccccc3Oc3ccccc32)c(-c2ccc(C#N)cc2)cc(-c2ccc(C#N)cc2)c1N1c2ccccc2Oc2ccccc21. The van der Waals surface area contributed by atoms with Gasteiger partial charge in [-0.3, -0.25) is 0 Å². The molecule has 0 aliphatic carbocycles. The Bertz CT molecular complexity index is 2310. The maximum Gasteiger partial charge on any atom is 0.151 e. The molecule has 0 fully saturated rings. The molecule has 0 saturated heterocycles. The summed E-state index contributed by atoms with van der Waals surface area (Å²) in [5.41, 5.74) is 11.6. The molecule has 0 bridgehead atoms. The molecule has 9 rings (SSSR count). The van der Waals surface area contributed by atoms with Crippen LogP contribution in [0.5, 0.6) is 23.0 Å². The first-order chi connectivity index (χ1) is 25.1. The fourth-order valence-electron chi connectivity index (χ4n) is 7.15. The molecule has 6 nitrogen and oxygen atoms in total. The Hall–Kier alpha value is -7.28. The van der Waals surface area contributed by atoms with E-state index >= 15 is 0 Å². The monoisotopic (exact) mass is 656 g/mol. The number of ether oxygens (including phenoxy) is 2. The van der Waals surface area contributed by atoms with Crippen molar-refractivity contribution in [2.75, 3.05) is 9.80 Å². The molecule has 7 aromatic carbocycles. The second-order valence-electron chi connectivity index (χ2n) is 12.4. The highest BCUT2D eigenvalue weighted by molar-refractivity contribution is 6.04. The average molecular weight is 657 g/mol. The minimum atomic E-state index is 0.588. The summed E-state index contributed by atoms with van der Waals surface area (Å²) in [4.78, 5) is 4.59. The molecule has 7 aromatic rings. The van der Waals surface area contributed by atoms with Gasteiger partial charge >= 0.3 is 0 Å². The largest absolute Gasteiger partial charge is 0.453 e. The lowest BCUT2D eigenvalue weighted by molar-refractivity contribution is 0.477. The van der Waals surface area contributed by atoms with Gasteiger partial charge in [0.25, 0.3) is 0 Å². The van der Waals surface area contributed by atoms with Crippen molar-refractivity contribution < 1.29 is 9.47 Å². The number of hydrogen-bond acceptors (Lipinski definition) is 6. The fourth-order valence-corrected chi connectivity index (χ4v) is 7.15. The second kappa shape index (κ2) is 12.0. The summed E-state index contributed by atoms with van der Waals surface area (Å²) < 4.78 is 12.9. The van der Waals surface area contributed by atoms with Crippen molar-refractivity contribution >= 4 is 34.1 Å². The van der Waals surface area contributed by atoms with Crippen LogP contribution in [-0.4, -0.2) is 0 Å². The zero-order valence-electron chi connectivity index (χ0n) is 27.5. The van der Waals surface area contributed by atoms with E-state index in [1.165, 1.54) is 0 Å². The van der Waals surface area contributed by atoms with Crippen LogP contribution in [0.25, 0.3) is 22.3 Å². The molecule has 0 amide bonds. The molecule has 2 heterocycles. The summed E-state index contributed by atoms with van der Waals surface area (Å²) in [6.07, 6.45) is 0. The van der Waals surface area contributed by atoms with E-state index in [0.29, 0.717) is 11.1 Å². The molecule has 0 radical (unpaired) electrons. The van der Waals surface area contributed by atoms with E-state index in [2.05, 4.69) is 59.2 Å². The van der Waals surface area contributed by atoms with E-state index in [-0.39, 0.29) is 0 Å². The van der Waals surface area contributed by atoms with Crippen LogP contribution in [0.3, 0.4) is 0 Å². The van der Waals surface area contributed by atoms with Crippen LogP contribution in [0.4, 0.5) is 34.1 Å². The Morgan fingerprint density at radius 2 is 0.745 bits per heavy atom. The molecule has 2 aliphatic heterocycles. The van der Waals surface area contributed by atoms with Gasteiger partial charge < -0.3 is 19.3 Å². The van der Waals surface area contributed by atoms with Crippen LogP contribution in [0.15, 0.2) is 152 Å². The Morgan fingerprint density at radius 1 is 0.431 bits per heavy atom. The Morgan fingerprint density at radius 3 is 1.06 bits per heavy atom. The Balaban J connectivity index is 1.44. The van der Waals surface area contributed by atoms with Crippen LogP contribution in [0.2, 0.25) is 0 Å². The van der Waals surface area contributed by atoms with Crippen molar-refractivity contribution in [3.63, 3.8) is 0 Å². The summed E-state index contributed by atoms with van der Waals surface area (Å²) in [6, 6.07) is 54.6. The van der Waals surface area contributed by atoms with Gasteiger partial charge in [-0.15, -0.1) is 0 Å². The predicted octanol–water partition coefficient (Wildman–Crippen LogP) is 12.2. The quantitative estimate of drug-likeness (QED) is 0.188. The minimum absolute atomic E-state index is 0.588. The van der Waals surface area contributed by atoms with Crippen molar-refractivity contribution in [3.05, 3.63) is 168 Å². The Labute approximate surface area is 295 Å². The molecule has 240 valence electrons. The van der Waals surface area contributed by atoms with Crippen LogP contribution in [-0.2, 0) is 0 Å². The van der Waals surface area contributed by atoms with Crippen LogP contribution >= 0.6 is 0 Å². The highest BCUT2D eigenvalue weighted by atomic mass is 16.5. The molecule has 0 spiro atoms. The minimum Gasteiger partial charge on any atom is -0.453 e. The highest BCUT2D eigenvalue weighted by Gasteiger charge is 2.34. The van der Waals surface area contributed by atoms with E-state index < -0.39 is 0 Å². The zero-order chi connectivity index (χ0) is 34.5. The maximum atomic E-state index is 9.69. The van der Waals surface area contributed by atoms with E-state index in [4.69, 9.17) is 9.47 Å². The van der Waals surface area contributed by atoms with E-state index in [0.717, 1.165) is 84.9 Å². The third kappa shape index (κ3) is 4.86. The standard InChI is InChI=1S/C45H28N4O2/c1-29-44(48-36-10-2-6-14-40(36)50-41-15-7-3-11-37(41)48)34(32-22-18-30(27-46)19-23-32)26-35(33-24-20-31(28-47)21-25-33)45(29)49-38-12-4-8-16-42(38)51-43-17-9-5-13-39(43)49/h2-26H,1H3. The number of rotatable bonds is 4. The predicted molar refractivity (Wildman–Crippen MR) is 201 cm³/mol. The normalized spacial score (nSPS) is 12.2. The maximum absolute atomic E-state index is 9.69. The summed E-state index contributed by atoms with van der Waals surface area (Å²) in [5.74, 6) is 3.00. The van der Waals surface area contributed by atoms with Crippen molar-refractivity contribution in [3.8, 4) is 57.4 Å². The van der Waals surface area contributed by atoms with Gasteiger partial charge in [-0.25, -0.2) is 0 Å². The van der Waals surface area contributed by atoms with Gasteiger partial charge in [0.1, 0.15) is 0 Å².